The summed E-state index contributed by atoms with van der Waals surface area (Å²) in [5.74, 6) is -0.0937. The van der Waals surface area contributed by atoms with E-state index in [0.29, 0.717) is 24.9 Å². The summed E-state index contributed by atoms with van der Waals surface area (Å²) >= 11 is 9.09. The second kappa shape index (κ2) is 7.70. The quantitative estimate of drug-likeness (QED) is 0.412. The Balaban J connectivity index is 2.04. The van der Waals surface area contributed by atoms with Gasteiger partial charge in [-0.2, -0.15) is 0 Å². The van der Waals surface area contributed by atoms with Crippen LogP contribution in [0.5, 0.6) is 5.75 Å². The van der Waals surface area contributed by atoms with Crippen LogP contribution in [0.1, 0.15) is 31.9 Å². The number of nitrogens with zero attached hydrogens (tertiary/aromatic N) is 1. The molecule has 0 amide bonds. The minimum absolute atomic E-state index is 0.294. The van der Waals surface area contributed by atoms with Crippen LogP contribution in [-0.4, -0.2) is 48.6 Å². The second-order valence-electron chi connectivity index (χ2n) is 6.49. The maximum atomic E-state index is 12.8. The number of esters is 1. The Morgan fingerprint density at radius 2 is 2.27 bits per heavy atom. The summed E-state index contributed by atoms with van der Waals surface area (Å²) in [5, 5.41) is 3.91. The molecule has 0 aromatic heterocycles. The fraction of sp³-hybridized carbons (Fsp3) is 0.556. The zero-order chi connectivity index (χ0) is 18.9. The SMILES string of the molecule is CCOC(=O)[C@H]1[C@H]2NC(=S)N(CCCOC)[C@@]1(C)Oc1ccc(Br)cc12. The van der Waals surface area contributed by atoms with E-state index in [1.165, 1.54) is 0 Å². The van der Waals surface area contributed by atoms with Crippen molar-refractivity contribution in [3.05, 3.63) is 28.2 Å². The highest BCUT2D eigenvalue weighted by Gasteiger charge is 2.59. The van der Waals surface area contributed by atoms with Gasteiger partial charge in [0.1, 0.15) is 11.7 Å². The van der Waals surface area contributed by atoms with Gasteiger partial charge in [-0.25, -0.2) is 0 Å². The van der Waals surface area contributed by atoms with Crippen molar-refractivity contribution in [2.45, 2.75) is 32.0 Å². The Labute approximate surface area is 167 Å². The van der Waals surface area contributed by atoms with Gasteiger partial charge in [-0.05, 0) is 50.7 Å². The zero-order valence-electron chi connectivity index (χ0n) is 15.1. The number of thiocarbonyl (C=S) groups is 1. The van der Waals surface area contributed by atoms with Crippen LogP contribution in [0, 0.1) is 5.92 Å². The Bertz CT molecular complexity index is 716. The summed E-state index contributed by atoms with van der Waals surface area (Å²) < 4.78 is 17.8. The summed E-state index contributed by atoms with van der Waals surface area (Å²) in [7, 11) is 1.66. The lowest BCUT2D eigenvalue weighted by Gasteiger charge is -2.55. The van der Waals surface area contributed by atoms with Crippen LogP contribution >= 0.6 is 28.1 Å². The molecule has 2 aliphatic rings. The number of fused-ring (bicyclic) bond motifs is 4. The van der Waals surface area contributed by atoms with E-state index in [0.717, 1.165) is 22.2 Å². The summed E-state index contributed by atoms with van der Waals surface area (Å²) in [4.78, 5) is 14.8. The molecule has 1 fully saturated rings. The fourth-order valence-electron chi connectivity index (χ4n) is 3.70. The van der Waals surface area contributed by atoms with Crippen molar-refractivity contribution in [2.75, 3.05) is 26.9 Å². The number of ether oxygens (including phenoxy) is 3. The van der Waals surface area contributed by atoms with Gasteiger partial charge in [-0.1, -0.05) is 15.9 Å². The largest absolute Gasteiger partial charge is 0.467 e. The third-order valence-corrected chi connectivity index (χ3v) is 5.70. The van der Waals surface area contributed by atoms with Crippen LogP contribution in [0.15, 0.2) is 22.7 Å². The Kier molecular flexibility index (Phi) is 5.74. The van der Waals surface area contributed by atoms with Crippen LogP contribution < -0.4 is 10.1 Å². The maximum absolute atomic E-state index is 12.8. The number of halogens is 1. The highest BCUT2D eigenvalue weighted by Crippen LogP contribution is 2.49. The van der Waals surface area contributed by atoms with Gasteiger partial charge >= 0.3 is 5.97 Å². The minimum atomic E-state index is -0.923. The normalized spacial score (nSPS) is 26.6. The molecule has 2 heterocycles. The van der Waals surface area contributed by atoms with E-state index in [-0.39, 0.29) is 12.0 Å². The summed E-state index contributed by atoms with van der Waals surface area (Å²) in [6.45, 7) is 5.25. The summed E-state index contributed by atoms with van der Waals surface area (Å²) in [6, 6.07) is 5.50. The van der Waals surface area contributed by atoms with E-state index in [1.54, 1.807) is 14.0 Å². The molecule has 0 saturated carbocycles. The second-order valence-corrected chi connectivity index (χ2v) is 7.80. The number of carbonyl (C=O) groups excluding carboxylic acids is 1. The van der Waals surface area contributed by atoms with Gasteiger partial charge in [-0.3, -0.25) is 4.79 Å². The zero-order valence-corrected chi connectivity index (χ0v) is 17.5. The van der Waals surface area contributed by atoms with Crippen molar-refractivity contribution >= 4 is 39.2 Å². The molecular weight excluding hydrogens is 420 g/mol. The highest BCUT2D eigenvalue weighted by molar-refractivity contribution is 9.10. The first-order valence-corrected chi connectivity index (χ1v) is 9.84. The van der Waals surface area contributed by atoms with Crippen LogP contribution in [0.25, 0.3) is 0 Å². The van der Waals surface area contributed by atoms with E-state index >= 15 is 0 Å². The topological polar surface area (TPSA) is 60.0 Å². The molecule has 142 valence electrons. The van der Waals surface area contributed by atoms with Crippen molar-refractivity contribution in [1.29, 1.82) is 0 Å². The van der Waals surface area contributed by atoms with Crippen LogP contribution in [-0.2, 0) is 14.3 Å². The molecule has 1 saturated heterocycles. The Morgan fingerprint density at radius 1 is 1.50 bits per heavy atom. The maximum Gasteiger partial charge on any atom is 0.317 e. The lowest BCUT2D eigenvalue weighted by atomic mass is 9.79. The summed E-state index contributed by atoms with van der Waals surface area (Å²) in [6.07, 6.45) is 0.769. The number of rotatable bonds is 6. The first kappa shape index (κ1) is 19.4. The average molecular weight is 443 g/mol. The van der Waals surface area contributed by atoms with Gasteiger partial charge in [0, 0.05) is 30.3 Å². The van der Waals surface area contributed by atoms with Crippen LogP contribution in [0.3, 0.4) is 0 Å². The van der Waals surface area contributed by atoms with Gasteiger partial charge in [0.05, 0.1) is 12.6 Å². The standard InChI is InChI=1S/C18H23BrN2O4S/c1-4-24-16(22)14-15-12-10-11(19)6-7-13(12)25-18(14,2)21(17(26)20-15)8-5-9-23-3/h6-7,10,14-15H,4-5,8-9H2,1-3H3,(H,20,26)/t14-,15+,18+/m1/s1. The minimum Gasteiger partial charge on any atom is -0.467 e. The van der Waals surface area contributed by atoms with E-state index in [4.69, 9.17) is 26.4 Å². The molecule has 2 aliphatic heterocycles. The fourth-order valence-corrected chi connectivity index (χ4v) is 4.48. The van der Waals surface area contributed by atoms with Gasteiger partial charge in [0.15, 0.2) is 10.8 Å². The number of methoxy groups -OCH3 is 1. The van der Waals surface area contributed by atoms with Crippen molar-refractivity contribution in [2.24, 2.45) is 5.92 Å². The molecule has 0 spiro atoms. The molecule has 8 heteroatoms. The number of hydrogen-bond acceptors (Lipinski definition) is 5. The molecule has 3 rings (SSSR count). The molecule has 3 atom stereocenters. The van der Waals surface area contributed by atoms with Gasteiger partial charge in [0.25, 0.3) is 0 Å². The number of nitrogens with one attached hydrogen (secondary N) is 1. The molecule has 2 bridgehead atoms. The molecule has 1 aromatic rings. The lowest BCUT2D eigenvalue weighted by Crippen LogP contribution is -2.71. The van der Waals surface area contributed by atoms with Crippen molar-refractivity contribution in [1.82, 2.24) is 10.2 Å². The highest BCUT2D eigenvalue weighted by atomic mass is 79.9. The molecular formula is C18H23BrN2O4S. The number of benzene rings is 1. The molecule has 0 aliphatic carbocycles. The molecule has 1 aromatic carbocycles. The molecule has 26 heavy (non-hydrogen) atoms. The third kappa shape index (κ3) is 3.30. The van der Waals surface area contributed by atoms with Gasteiger partial charge in [0.2, 0.25) is 0 Å². The summed E-state index contributed by atoms with van der Waals surface area (Å²) in [5.41, 5.74) is -0.0258. The molecule has 0 radical (unpaired) electrons. The van der Waals surface area contributed by atoms with Crippen molar-refractivity contribution in [3.63, 3.8) is 0 Å². The number of carbonyl (C=O) groups is 1. The third-order valence-electron chi connectivity index (χ3n) is 4.86. The van der Waals surface area contributed by atoms with Gasteiger partial charge in [-0.15, -0.1) is 0 Å². The molecule has 6 nitrogen and oxygen atoms in total. The smallest absolute Gasteiger partial charge is 0.317 e. The Morgan fingerprint density at radius 3 is 2.96 bits per heavy atom. The van der Waals surface area contributed by atoms with Crippen molar-refractivity contribution < 1.29 is 19.0 Å². The van der Waals surface area contributed by atoms with E-state index in [9.17, 15) is 4.79 Å². The Hall–Kier alpha value is -1.38. The van der Waals surface area contributed by atoms with Crippen molar-refractivity contribution in [3.8, 4) is 5.75 Å². The predicted molar refractivity (Wildman–Crippen MR) is 105 cm³/mol. The first-order chi connectivity index (χ1) is 12.4. The van der Waals surface area contributed by atoms with E-state index < -0.39 is 11.6 Å². The average Bonchev–Trinajstić information content (AvgIpc) is 2.58. The predicted octanol–water partition coefficient (Wildman–Crippen LogP) is 3.00. The first-order valence-electron chi connectivity index (χ1n) is 8.64. The van der Waals surface area contributed by atoms with Crippen LogP contribution in [0.2, 0.25) is 0 Å². The van der Waals surface area contributed by atoms with Gasteiger partial charge < -0.3 is 24.4 Å². The van der Waals surface area contributed by atoms with E-state index in [2.05, 4.69) is 21.2 Å². The monoisotopic (exact) mass is 442 g/mol. The van der Waals surface area contributed by atoms with Crippen LogP contribution in [0.4, 0.5) is 0 Å². The van der Waals surface area contributed by atoms with E-state index in [1.807, 2.05) is 30.0 Å². The number of hydrogen-bond donors (Lipinski definition) is 1. The lowest BCUT2D eigenvalue weighted by molar-refractivity contribution is -0.175. The molecule has 1 N–H and O–H groups in total. The molecule has 0 unspecified atom stereocenters.